The molecule has 2 rings (SSSR count). The average Bonchev–Trinajstić information content (AvgIpc) is 2.42. The van der Waals surface area contributed by atoms with Crippen LogP contribution in [0.5, 0.6) is 17.2 Å². The van der Waals surface area contributed by atoms with Crippen LogP contribution < -0.4 is 15.2 Å². The molecule has 0 amide bonds. The lowest BCUT2D eigenvalue weighted by atomic mass is 10.2. The number of rotatable bonds is 5. The van der Waals surface area contributed by atoms with Crippen LogP contribution in [0.1, 0.15) is 12.5 Å². The van der Waals surface area contributed by atoms with Gasteiger partial charge in [0.2, 0.25) is 0 Å². The zero-order valence-electron chi connectivity index (χ0n) is 10.7. The number of amidine groups is 1. The van der Waals surface area contributed by atoms with Crippen molar-refractivity contribution in [1.29, 1.82) is 5.41 Å². The van der Waals surface area contributed by atoms with E-state index in [9.17, 15) is 0 Å². The first-order valence-corrected chi connectivity index (χ1v) is 6.04. The molecular weight excluding hydrogens is 240 g/mol. The van der Waals surface area contributed by atoms with Gasteiger partial charge in [0.25, 0.3) is 0 Å². The lowest BCUT2D eigenvalue weighted by Gasteiger charge is -2.08. The molecule has 0 bridgehead atoms. The van der Waals surface area contributed by atoms with Crippen LogP contribution in [-0.2, 0) is 0 Å². The van der Waals surface area contributed by atoms with E-state index in [4.69, 9.17) is 20.6 Å². The Morgan fingerprint density at radius 1 is 0.947 bits per heavy atom. The third-order valence-corrected chi connectivity index (χ3v) is 2.54. The highest BCUT2D eigenvalue weighted by molar-refractivity contribution is 5.94. The summed E-state index contributed by atoms with van der Waals surface area (Å²) < 4.78 is 11.0. The van der Waals surface area contributed by atoms with E-state index in [2.05, 4.69) is 0 Å². The van der Waals surface area contributed by atoms with Gasteiger partial charge in [-0.25, -0.2) is 0 Å². The van der Waals surface area contributed by atoms with Crippen molar-refractivity contribution in [3.63, 3.8) is 0 Å². The number of nitrogens with two attached hydrogens (primary N) is 1. The lowest BCUT2D eigenvalue weighted by Crippen LogP contribution is -2.10. The molecule has 0 heterocycles. The zero-order chi connectivity index (χ0) is 13.7. The van der Waals surface area contributed by atoms with Crippen LogP contribution in [0.25, 0.3) is 0 Å². The molecule has 0 saturated carbocycles. The van der Waals surface area contributed by atoms with Crippen molar-refractivity contribution in [1.82, 2.24) is 0 Å². The summed E-state index contributed by atoms with van der Waals surface area (Å²) in [7, 11) is 0. The van der Waals surface area contributed by atoms with Crippen molar-refractivity contribution in [3.8, 4) is 17.2 Å². The fourth-order valence-corrected chi connectivity index (χ4v) is 1.61. The predicted octanol–water partition coefficient (Wildman–Crippen LogP) is 3.16. The van der Waals surface area contributed by atoms with E-state index in [1.807, 2.05) is 31.2 Å². The molecule has 4 nitrogen and oxygen atoms in total. The van der Waals surface area contributed by atoms with Crippen molar-refractivity contribution in [2.24, 2.45) is 5.73 Å². The Kier molecular flexibility index (Phi) is 4.03. The molecular formula is C15H16N2O2. The standard InChI is InChI=1S/C15H16N2O2/c1-2-18-12-7-9-14(10-8-12)19-13-5-3-11(4-6-13)15(16)17/h3-10H,2H2,1H3,(H3,16,17). The molecule has 0 fully saturated rings. The van der Waals surface area contributed by atoms with Crippen molar-refractivity contribution in [2.75, 3.05) is 6.61 Å². The van der Waals surface area contributed by atoms with Gasteiger partial charge in [0, 0.05) is 5.56 Å². The monoisotopic (exact) mass is 256 g/mol. The summed E-state index contributed by atoms with van der Waals surface area (Å²) in [6, 6.07) is 14.5. The second-order valence-corrected chi connectivity index (χ2v) is 3.94. The summed E-state index contributed by atoms with van der Waals surface area (Å²) in [5.74, 6) is 2.31. The highest BCUT2D eigenvalue weighted by Gasteiger charge is 2.00. The van der Waals surface area contributed by atoms with Crippen molar-refractivity contribution < 1.29 is 9.47 Å². The number of benzene rings is 2. The van der Waals surface area contributed by atoms with E-state index in [-0.39, 0.29) is 5.84 Å². The van der Waals surface area contributed by atoms with E-state index >= 15 is 0 Å². The van der Waals surface area contributed by atoms with Crippen LogP contribution in [0.3, 0.4) is 0 Å². The molecule has 0 spiro atoms. The van der Waals surface area contributed by atoms with Crippen molar-refractivity contribution in [3.05, 3.63) is 54.1 Å². The molecule has 19 heavy (non-hydrogen) atoms. The first kappa shape index (κ1) is 13.0. The summed E-state index contributed by atoms with van der Waals surface area (Å²) in [6.45, 7) is 2.59. The maximum absolute atomic E-state index is 7.31. The molecule has 2 aromatic carbocycles. The summed E-state index contributed by atoms with van der Waals surface area (Å²) in [5.41, 5.74) is 6.07. The number of hydrogen-bond donors (Lipinski definition) is 2. The fraction of sp³-hybridized carbons (Fsp3) is 0.133. The molecule has 0 aliphatic carbocycles. The second-order valence-electron chi connectivity index (χ2n) is 3.94. The highest BCUT2D eigenvalue weighted by atomic mass is 16.5. The van der Waals surface area contributed by atoms with Crippen LogP contribution >= 0.6 is 0 Å². The number of hydrogen-bond acceptors (Lipinski definition) is 3. The first-order chi connectivity index (χ1) is 9.19. The van der Waals surface area contributed by atoms with Gasteiger partial charge in [-0.15, -0.1) is 0 Å². The van der Waals surface area contributed by atoms with Crippen LogP contribution in [0.15, 0.2) is 48.5 Å². The van der Waals surface area contributed by atoms with Gasteiger partial charge in [0.05, 0.1) is 6.61 Å². The van der Waals surface area contributed by atoms with Gasteiger partial charge < -0.3 is 15.2 Å². The summed E-state index contributed by atoms with van der Waals surface area (Å²) in [5, 5.41) is 7.31. The van der Waals surface area contributed by atoms with Crippen molar-refractivity contribution in [2.45, 2.75) is 6.92 Å². The zero-order valence-corrected chi connectivity index (χ0v) is 10.7. The molecule has 0 saturated heterocycles. The highest BCUT2D eigenvalue weighted by Crippen LogP contribution is 2.24. The molecule has 98 valence electrons. The molecule has 0 aliphatic rings. The minimum atomic E-state index is 0.0487. The van der Waals surface area contributed by atoms with E-state index in [1.54, 1.807) is 24.3 Å². The summed E-state index contributed by atoms with van der Waals surface area (Å²) >= 11 is 0. The Hall–Kier alpha value is -2.49. The molecule has 4 heteroatoms. The van der Waals surface area contributed by atoms with Crippen LogP contribution in [0, 0.1) is 5.41 Å². The van der Waals surface area contributed by atoms with Gasteiger partial charge in [-0.2, -0.15) is 0 Å². The summed E-state index contributed by atoms with van der Waals surface area (Å²) in [6.07, 6.45) is 0. The Labute approximate surface area is 112 Å². The van der Waals surface area contributed by atoms with E-state index in [0.29, 0.717) is 17.9 Å². The fourth-order valence-electron chi connectivity index (χ4n) is 1.61. The molecule has 0 atom stereocenters. The SMILES string of the molecule is CCOc1ccc(Oc2ccc(C(=N)N)cc2)cc1. The smallest absolute Gasteiger partial charge is 0.127 e. The minimum Gasteiger partial charge on any atom is -0.494 e. The third kappa shape index (κ3) is 3.48. The number of nitrogens with one attached hydrogen (secondary N) is 1. The Bertz CT molecular complexity index is 547. The minimum absolute atomic E-state index is 0.0487. The van der Waals surface area contributed by atoms with E-state index < -0.39 is 0 Å². The van der Waals surface area contributed by atoms with E-state index in [0.717, 1.165) is 11.5 Å². The maximum atomic E-state index is 7.31. The number of ether oxygens (including phenoxy) is 2. The van der Waals surface area contributed by atoms with Gasteiger partial charge in [-0.3, -0.25) is 5.41 Å². The third-order valence-electron chi connectivity index (χ3n) is 2.54. The van der Waals surface area contributed by atoms with Gasteiger partial charge in [-0.1, -0.05) is 0 Å². The quantitative estimate of drug-likeness (QED) is 0.637. The Morgan fingerprint density at radius 3 is 1.89 bits per heavy atom. The van der Waals surface area contributed by atoms with Crippen molar-refractivity contribution >= 4 is 5.84 Å². The normalized spacial score (nSPS) is 9.95. The van der Waals surface area contributed by atoms with Gasteiger partial charge in [-0.05, 0) is 55.5 Å². The molecule has 3 N–H and O–H groups in total. The average molecular weight is 256 g/mol. The predicted molar refractivity (Wildman–Crippen MR) is 75.1 cm³/mol. The first-order valence-electron chi connectivity index (χ1n) is 6.04. The number of nitrogen functional groups attached to an aromatic ring is 1. The molecule has 0 aliphatic heterocycles. The Balaban J connectivity index is 2.06. The maximum Gasteiger partial charge on any atom is 0.127 e. The molecule has 0 aromatic heterocycles. The summed E-state index contributed by atoms with van der Waals surface area (Å²) in [4.78, 5) is 0. The van der Waals surface area contributed by atoms with Crippen LogP contribution in [0.2, 0.25) is 0 Å². The second kappa shape index (κ2) is 5.91. The molecule has 0 radical (unpaired) electrons. The van der Waals surface area contributed by atoms with Gasteiger partial charge in [0.15, 0.2) is 0 Å². The van der Waals surface area contributed by atoms with Gasteiger partial charge >= 0.3 is 0 Å². The Morgan fingerprint density at radius 2 is 1.42 bits per heavy atom. The van der Waals surface area contributed by atoms with E-state index in [1.165, 1.54) is 0 Å². The van der Waals surface area contributed by atoms with Crippen LogP contribution in [-0.4, -0.2) is 12.4 Å². The molecule has 0 unspecified atom stereocenters. The van der Waals surface area contributed by atoms with Crippen LogP contribution in [0.4, 0.5) is 0 Å². The largest absolute Gasteiger partial charge is 0.494 e. The van der Waals surface area contributed by atoms with Gasteiger partial charge in [0.1, 0.15) is 23.1 Å². The topological polar surface area (TPSA) is 68.3 Å². The lowest BCUT2D eigenvalue weighted by molar-refractivity contribution is 0.339. The molecule has 2 aromatic rings.